The van der Waals surface area contributed by atoms with Crippen LogP contribution >= 0.6 is 0 Å². The van der Waals surface area contributed by atoms with Crippen LogP contribution in [0.1, 0.15) is 51.1 Å². The molecule has 27 heavy (non-hydrogen) atoms. The van der Waals surface area contributed by atoms with Gasteiger partial charge in [-0.3, -0.25) is 4.79 Å². The van der Waals surface area contributed by atoms with Crippen LogP contribution in [0.2, 0.25) is 0 Å². The minimum atomic E-state index is -0.0879. The molecule has 1 heterocycles. The second-order valence-corrected chi connectivity index (χ2v) is 8.16. The normalized spacial score (nSPS) is 23.0. The fraction of sp³-hybridized carbons (Fsp3) is 0.240. The van der Waals surface area contributed by atoms with Gasteiger partial charge >= 0.3 is 0 Å². The second-order valence-electron chi connectivity index (χ2n) is 8.16. The number of carbonyl (C=O) groups excluding carboxylic acids is 1. The summed E-state index contributed by atoms with van der Waals surface area (Å²) in [6, 6.07) is 25.3. The van der Waals surface area contributed by atoms with E-state index in [1.807, 2.05) is 30.3 Å². The molecule has 0 spiro atoms. The zero-order valence-corrected chi connectivity index (χ0v) is 15.8. The average molecular weight is 353 g/mol. The van der Waals surface area contributed by atoms with Crippen molar-refractivity contribution in [1.82, 2.24) is 4.90 Å². The zero-order chi connectivity index (χ0) is 18.6. The minimum Gasteiger partial charge on any atom is -0.326 e. The first-order chi connectivity index (χ1) is 13.1. The van der Waals surface area contributed by atoms with Crippen molar-refractivity contribution in [3.8, 4) is 0 Å². The van der Waals surface area contributed by atoms with Crippen LogP contribution in [0.4, 0.5) is 0 Å². The number of hydrogen-bond acceptors (Lipinski definition) is 1. The van der Waals surface area contributed by atoms with Crippen LogP contribution in [0.25, 0.3) is 0 Å². The van der Waals surface area contributed by atoms with Gasteiger partial charge in [0.05, 0.1) is 6.04 Å². The summed E-state index contributed by atoms with van der Waals surface area (Å²) in [7, 11) is 0. The Hall–Kier alpha value is -2.87. The van der Waals surface area contributed by atoms with E-state index in [0.29, 0.717) is 6.54 Å². The number of amides is 1. The molecule has 3 aromatic rings. The Morgan fingerprint density at radius 3 is 2.56 bits per heavy atom. The molecule has 2 atom stereocenters. The number of benzene rings is 3. The van der Waals surface area contributed by atoms with E-state index in [2.05, 4.69) is 61.2 Å². The van der Waals surface area contributed by atoms with Gasteiger partial charge in [0.25, 0.3) is 5.91 Å². The fourth-order valence-electron chi connectivity index (χ4n) is 5.13. The zero-order valence-electron chi connectivity index (χ0n) is 15.8. The van der Waals surface area contributed by atoms with Crippen LogP contribution in [-0.2, 0) is 18.4 Å². The van der Waals surface area contributed by atoms with Gasteiger partial charge < -0.3 is 4.90 Å². The number of fused-ring (bicyclic) bond motifs is 5. The minimum absolute atomic E-state index is 0.0794. The molecule has 0 saturated heterocycles. The summed E-state index contributed by atoms with van der Waals surface area (Å²) >= 11 is 0. The highest BCUT2D eigenvalue weighted by Gasteiger charge is 2.52. The van der Waals surface area contributed by atoms with Crippen LogP contribution in [0.15, 0.2) is 72.8 Å². The topological polar surface area (TPSA) is 20.3 Å². The molecule has 134 valence electrons. The largest absolute Gasteiger partial charge is 0.326 e. The van der Waals surface area contributed by atoms with Gasteiger partial charge in [0, 0.05) is 17.5 Å². The Morgan fingerprint density at radius 1 is 1.00 bits per heavy atom. The van der Waals surface area contributed by atoms with Crippen LogP contribution in [0.3, 0.4) is 0 Å². The second kappa shape index (κ2) is 5.82. The van der Waals surface area contributed by atoms with Crippen molar-refractivity contribution in [3.63, 3.8) is 0 Å². The first-order valence-electron chi connectivity index (χ1n) is 9.62. The number of carbonyl (C=O) groups is 1. The molecule has 0 unspecified atom stereocenters. The molecule has 0 saturated carbocycles. The Labute approximate surface area is 160 Å². The molecule has 1 amide bonds. The highest BCUT2D eigenvalue weighted by Crippen LogP contribution is 2.54. The van der Waals surface area contributed by atoms with Gasteiger partial charge in [0.2, 0.25) is 0 Å². The Bertz CT molecular complexity index is 1040. The third-order valence-electron chi connectivity index (χ3n) is 6.30. The van der Waals surface area contributed by atoms with E-state index < -0.39 is 0 Å². The van der Waals surface area contributed by atoms with Gasteiger partial charge in [-0.15, -0.1) is 0 Å². The van der Waals surface area contributed by atoms with Crippen molar-refractivity contribution in [3.05, 3.63) is 106 Å². The molecule has 3 aromatic carbocycles. The third-order valence-corrected chi connectivity index (χ3v) is 6.30. The molecule has 0 fully saturated rings. The van der Waals surface area contributed by atoms with Crippen LogP contribution < -0.4 is 0 Å². The van der Waals surface area contributed by atoms with Crippen LogP contribution in [0, 0.1) is 6.92 Å². The number of nitrogens with zero attached hydrogens (tertiary/aromatic N) is 1. The molecule has 0 N–H and O–H groups in total. The summed E-state index contributed by atoms with van der Waals surface area (Å²) in [6.07, 6.45) is 0.976. The highest BCUT2D eigenvalue weighted by molar-refractivity contribution is 5.98. The lowest BCUT2D eigenvalue weighted by Crippen LogP contribution is -2.48. The van der Waals surface area contributed by atoms with Crippen LogP contribution in [0.5, 0.6) is 0 Å². The lowest BCUT2D eigenvalue weighted by atomic mass is 9.71. The first-order valence-corrected chi connectivity index (χ1v) is 9.62. The van der Waals surface area contributed by atoms with Crippen molar-refractivity contribution in [1.29, 1.82) is 0 Å². The molecule has 5 rings (SSSR count). The van der Waals surface area contributed by atoms with Crippen LogP contribution in [-0.4, -0.2) is 10.8 Å². The summed E-state index contributed by atoms with van der Waals surface area (Å²) in [5.41, 5.74) is 7.11. The van der Waals surface area contributed by atoms with Crippen molar-refractivity contribution in [2.75, 3.05) is 0 Å². The van der Waals surface area contributed by atoms with E-state index in [1.54, 1.807) is 0 Å². The maximum atomic E-state index is 13.5. The summed E-state index contributed by atoms with van der Waals surface area (Å²) in [4.78, 5) is 15.6. The maximum absolute atomic E-state index is 13.5. The molecule has 1 aliphatic heterocycles. The van der Waals surface area contributed by atoms with Crippen molar-refractivity contribution in [2.24, 2.45) is 0 Å². The van der Waals surface area contributed by atoms with Gasteiger partial charge in [-0.25, -0.2) is 0 Å². The average Bonchev–Trinajstić information content (AvgIpc) is 2.98. The lowest BCUT2D eigenvalue weighted by molar-refractivity contribution is 0.0517. The Balaban J connectivity index is 1.71. The van der Waals surface area contributed by atoms with Gasteiger partial charge in [0.15, 0.2) is 0 Å². The smallest absolute Gasteiger partial charge is 0.255 e. The Kier molecular flexibility index (Phi) is 3.51. The molecular weight excluding hydrogens is 330 g/mol. The number of hydrogen-bond donors (Lipinski definition) is 0. The SMILES string of the molecule is Cc1ccc2c(c1)C[C@]1(C)c3ccccc3C(=O)N(Cc3ccccc3)[C@H]21. The summed E-state index contributed by atoms with van der Waals surface area (Å²) in [6.45, 7) is 5.11. The van der Waals surface area contributed by atoms with Gasteiger partial charge in [-0.2, -0.15) is 0 Å². The summed E-state index contributed by atoms with van der Waals surface area (Å²) in [5.74, 6) is 0.144. The van der Waals surface area contributed by atoms with Gasteiger partial charge in [-0.05, 0) is 41.7 Å². The molecule has 2 aliphatic rings. The fourth-order valence-corrected chi connectivity index (χ4v) is 5.13. The number of aryl methyl sites for hydroxylation is 1. The molecular formula is C25H23NO. The predicted molar refractivity (Wildman–Crippen MR) is 108 cm³/mol. The molecule has 0 bridgehead atoms. The summed E-state index contributed by atoms with van der Waals surface area (Å²) < 4.78 is 0. The van der Waals surface area contributed by atoms with E-state index in [0.717, 1.165) is 12.0 Å². The van der Waals surface area contributed by atoms with Crippen molar-refractivity contribution >= 4 is 5.91 Å². The van der Waals surface area contributed by atoms with Crippen molar-refractivity contribution < 1.29 is 4.79 Å². The van der Waals surface area contributed by atoms with E-state index in [1.165, 1.54) is 27.8 Å². The standard InChI is InChI=1S/C25H23NO/c1-17-12-13-20-19(14-17)15-25(2)22-11-7-6-10-21(22)24(27)26(23(20)25)16-18-8-4-3-5-9-18/h3-14,23H,15-16H2,1-2H3/t23-,25-/m1/s1. The van der Waals surface area contributed by atoms with E-state index in [4.69, 9.17) is 0 Å². The number of rotatable bonds is 2. The van der Waals surface area contributed by atoms with Crippen molar-refractivity contribution in [2.45, 2.75) is 38.3 Å². The lowest BCUT2D eigenvalue weighted by Gasteiger charge is -2.46. The van der Waals surface area contributed by atoms with E-state index in [9.17, 15) is 4.79 Å². The maximum Gasteiger partial charge on any atom is 0.255 e. The molecule has 2 nitrogen and oxygen atoms in total. The Morgan fingerprint density at radius 2 is 1.74 bits per heavy atom. The predicted octanol–water partition coefficient (Wildman–Crippen LogP) is 5.21. The molecule has 1 aliphatic carbocycles. The molecule has 0 aromatic heterocycles. The quantitative estimate of drug-likeness (QED) is 0.619. The highest BCUT2D eigenvalue weighted by atomic mass is 16.2. The first kappa shape index (κ1) is 16.3. The molecule has 2 heteroatoms. The summed E-state index contributed by atoms with van der Waals surface area (Å²) in [5, 5.41) is 0. The molecule has 0 radical (unpaired) electrons. The van der Waals surface area contributed by atoms with E-state index in [-0.39, 0.29) is 17.4 Å². The van der Waals surface area contributed by atoms with Gasteiger partial charge in [0.1, 0.15) is 0 Å². The van der Waals surface area contributed by atoms with E-state index >= 15 is 0 Å². The monoisotopic (exact) mass is 353 g/mol. The van der Waals surface area contributed by atoms with Gasteiger partial charge in [-0.1, -0.05) is 79.2 Å². The third kappa shape index (κ3) is 2.36.